The average Bonchev–Trinajstić information content (AvgIpc) is 2.69. The molecule has 1 unspecified atom stereocenters. The first-order valence-corrected chi connectivity index (χ1v) is 9.73. The fraction of sp³-hybridized carbons (Fsp3) is 0.474. The second-order valence-corrected chi connectivity index (χ2v) is 7.33. The number of likely N-dealkylation sites (tertiary alicyclic amines) is 1. The lowest BCUT2D eigenvalue weighted by molar-refractivity contribution is 0.168. The van der Waals surface area contributed by atoms with Gasteiger partial charge < -0.3 is 10.1 Å². The van der Waals surface area contributed by atoms with Crippen molar-refractivity contribution in [3.8, 4) is 5.75 Å². The van der Waals surface area contributed by atoms with Crippen molar-refractivity contribution in [3.63, 3.8) is 0 Å². The van der Waals surface area contributed by atoms with Gasteiger partial charge in [-0.2, -0.15) is 5.10 Å². The largest absolute Gasteiger partial charge is 0.496 e. The zero-order valence-electron chi connectivity index (χ0n) is 15.2. The first-order valence-electron chi connectivity index (χ1n) is 8.94. The van der Waals surface area contributed by atoms with Crippen LogP contribution in [-0.4, -0.2) is 41.4 Å². The van der Waals surface area contributed by atoms with Gasteiger partial charge in [0.15, 0.2) is 0 Å². The number of nitrogens with one attached hydrogen (secondary N) is 1. The second kappa shape index (κ2) is 8.68. The van der Waals surface area contributed by atoms with Crippen molar-refractivity contribution in [1.29, 1.82) is 0 Å². The summed E-state index contributed by atoms with van der Waals surface area (Å²) < 4.78 is 7.42. The van der Waals surface area contributed by atoms with Crippen LogP contribution in [0.4, 0.5) is 5.69 Å². The third kappa shape index (κ3) is 4.10. The molecule has 2 aromatic rings. The van der Waals surface area contributed by atoms with E-state index in [2.05, 4.69) is 37.3 Å². The van der Waals surface area contributed by atoms with E-state index in [1.807, 2.05) is 18.2 Å². The molecule has 1 aliphatic rings. The maximum Gasteiger partial charge on any atom is 0.282 e. The van der Waals surface area contributed by atoms with Gasteiger partial charge in [-0.15, -0.1) is 0 Å². The van der Waals surface area contributed by atoms with Crippen molar-refractivity contribution in [2.24, 2.45) is 7.05 Å². The zero-order valence-corrected chi connectivity index (χ0v) is 16.8. The van der Waals surface area contributed by atoms with E-state index in [0.717, 1.165) is 24.4 Å². The van der Waals surface area contributed by atoms with Gasteiger partial charge in [-0.3, -0.25) is 9.69 Å². The molecule has 1 aromatic carbocycles. The fourth-order valence-corrected chi connectivity index (χ4v) is 3.95. The van der Waals surface area contributed by atoms with E-state index in [1.54, 1.807) is 20.4 Å². The molecule has 6 nitrogen and oxygen atoms in total. The number of anilines is 1. The molecule has 1 fully saturated rings. The second-order valence-electron chi connectivity index (χ2n) is 6.54. The number of nitrogens with zero attached hydrogens (tertiary/aromatic N) is 3. The van der Waals surface area contributed by atoms with Crippen LogP contribution in [0, 0.1) is 0 Å². The topological polar surface area (TPSA) is 59.4 Å². The maximum absolute atomic E-state index is 12.1. The van der Waals surface area contributed by atoms with Gasteiger partial charge in [0.25, 0.3) is 5.56 Å². The van der Waals surface area contributed by atoms with E-state index in [0.29, 0.717) is 16.7 Å². The van der Waals surface area contributed by atoms with Crippen molar-refractivity contribution in [3.05, 3.63) is 50.9 Å². The molecule has 3 rings (SSSR count). The molecule has 0 aliphatic carbocycles. The summed E-state index contributed by atoms with van der Waals surface area (Å²) in [7, 11) is 3.35. The number of aryl methyl sites for hydroxylation is 1. The third-order valence-electron chi connectivity index (χ3n) is 4.89. The lowest BCUT2D eigenvalue weighted by Gasteiger charge is -2.35. The molecule has 0 bridgehead atoms. The molecule has 140 valence electrons. The quantitative estimate of drug-likeness (QED) is 0.777. The van der Waals surface area contributed by atoms with E-state index >= 15 is 0 Å². The van der Waals surface area contributed by atoms with Crippen molar-refractivity contribution >= 4 is 21.6 Å². The minimum absolute atomic E-state index is 0.151. The number of para-hydroxylation sites is 1. The van der Waals surface area contributed by atoms with Crippen LogP contribution in [0.25, 0.3) is 0 Å². The molecule has 26 heavy (non-hydrogen) atoms. The van der Waals surface area contributed by atoms with Crippen molar-refractivity contribution in [2.45, 2.75) is 25.3 Å². The number of hydrogen-bond donors (Lipinski definition) is 1. The Kier molecular flexibility index (Phi) is 6.32. The van der Waals surface area contributed by atoms with E-state index in [4.69, 9.17) is 4.74 Å². The summed E-state index contributed by atoms with van der Waals surface area (Å²) in [6, 6.07) is 8.33. The molecule has 1 saturated heterocycles. The summed E-state index contributed by atoms with van der Waals surface area (Å²) in [4.78, 5) is 14.6. The molecule has 0 spiro atoms. The number of benzene rings is 1. The Bertz CT molecular complexity index is 802. The summed E-state index contributed by atoms with van der Waals surface area (Å²) in [5.41, 5.74) is 1.73. The molecular formula is C19H25BrN4O2. The SMILES string of the molecule is COc1ccccc1C(CNc1cnn(C)c(=O)c1Br)N1CCCCC1. The molecule has 1 aromatic heterocycles. The van der Waals surface area contributed by atoms with E-state index < -0.39 is 0 Å². The Morgan fingerprint density at radius 3 is 2.73 bits per heavy atom. The average molecular weight is 421 g/mol. The van der Waals surface area contributed by atoms with Crippen LogP contribution in [0.1, 0.15) is 30.9 Å². The third-order valence-corrected chi connectivity index (χ3v) is 5.66. The summed E-state index contributed by atoms with van der Waals surface area (Å²) in [5, 5.41) is 7.52. The molecule has 1 atom stereocenters. The smallest absolute Gasteiger partial charge is 0.282 e. The lowest BCUT2D eigenvalue weighted by atomic mass is 10.0. The van der Waals surface area contributed by atoms with Crippen LogP contribution in [-0.2, 0) is 7.05 Å². The predicted molar refractivity (Wildman–Crippen MR) is 107 cm³/mol. The predicted octanol–water partition coefficient (Wildman–Crippen LogP) is 3.19. The van der Waals surface area contributed by atoms with E-state index in [1.165, 1.54) is 23.9 Å². The maximum atomic E-state index is 12.1. The minimum Gasteiger partial charge on any atom is -0.496 e. The highest BCUT2D eigenvalue weighted by molar-refractivity contribution is 9.10. The lowest BCUT2D eigenvalue weighted by Crippen LogP contribution is -2.37. The molecule has 0 saturated carbocycles. The van der Waals surface area contributed by atoms with Crippen molar-refractivity contribution < 1.29 is 4.74 Å². The highest BCUT2D eigenvalue weighted by Gasteiger charge is 2.25. The van der Waals surface area contributed by atoms with Crippen LogP contribution in [0.3, 0.4) is 0 Å². The van der Waals surface area contributed by atoms with Crippen LogP contribution < -0.4 is 15.6 Å². The van der Waals surface area contributed by atoms with Crippen LogP contribution in [0.2, 0.25) is 0 Å². The van der Waals surface area contributed by atoms with Gasteiger partial charge in [-0.05, 0) is 47.9 Å². The van der Waals surface area contributed by atoms with Crippen LogP contribution >= 0.6 is 15.9 Å². The molecule has 1 N–H and O–H groups in total. The molecule has 0 amide bonds. The van der Waals surface area contributed by atoms with Gasteiger partial charge in [0.1, 0.15) is 10.2 Å². The molecule has 7 heteroatoms. The normalized spacial score (nSPS) is 16.3. The number of aromatic nitrogens is 2. The van der Waals surface area contributed by atoms with Gasteiger partial charge in [0, 0.05) is 19.2 Å². The summed E-state index contributed by atoms with van der Waals surface area (Å²) in [5.74, 6) is 0.894. The van der Waals surface area contributed by atoms with E-state index in [-0.39, 0.29) is 11.6 Å². The number of halogens is 1. The van der Waals surface area contributed by atoms with Crippen molar-refractivity contribution in [1.82, 2.24) is 14.7 Å². The monoisotopic (exact) mass is 420 g/mol. The van der Waals surface area contributed by atoms with Gasteiger partial charge in [-0.25, -0.2) is 4.68 Å². The number of hydrogen-bond acceptors (Lipinski definition) is 5. The van der Waals surface area contributed by atoms with E-state index in [9.17, 15) is 4.79 Å². The summed E-state index contributed by atoms with van der Waals surface area (Å²) >= 11 is 3.39. The standard InChI is InChI=1S/C19H25BrN4O2/c1-23-19(25)18(20)15(12-22-23)21-13-16(24-10-6-3-7-11-24)14-8-4-5-9-17(14)26-2/h4-5,8-9,12,16,21H,3,6-7,10-11,13H2,1-2H3. The number of rotatable bonds is 6. The Hall–Kier alpha value is -1.86. The zero-order chi connectivity index (χ0) is 18.5. The molecular weight excluding hydrogens is 396 g/mol. The Labute approximate surface area is 162 Å². The number of piperidine rings is 1. The van der Waals surface area contributed by atoms with Crippen molar-refractivity contribution in [2.75, 3.05) is 32.1 Å². The van der Waals surface area contributed by atoms with Crippen LogP contribution in [0.5, 0.6) is 5.75 Å². The highest BCUT2D eigenvalue weighted by Crippen LogP contribution is 2.32. The Balaban J connectivity index is 1.86. The van der Waals surface area contributed by atoms with Gasteiger partial charge in [0.05, 0.1) is 25.0 Å². The molecule has 2 heterocycles. The summed E-state index contributed by atoms with van der Waals surface area (Å²) in [6.07, 6.45) is 5.39. The Morgan fingerprint density at radius 1 is 1.27 bits per heavy atom. The van der Waals surface area contributed by atoms with Gasteiger partial charge in [-0.1, -0.05) is 24.6 Å². The number of ether oxygens (including phenoxy) is 1. The minimum atomic E-state index is -0.151. The number of methoxy groups -OCH3 is 1. The summed E-state index contributed by atoms with van der Waals surface area (Å²) in [6.45, 7) is 2.81. The first-order chi connectivity index (χ1) is 12.6. The van der Waals surface area contributed by atoms with Gasteiger partial charge in [0.2, 0.25) is 0 Å². The van der Waals surface area contributed by atoms with Crippen LogP contribution in [0.15, 0.2) is 39.7 Å². The fourth-order valence-electron chi connectivity index (χ4n) is 3.45. The van der Waals surface area contributed by atoms with Gasteiger partial charge >= 0.3 is 0 Å². The molecule has 0 radical (unpaired) electrons. The molecule has 1 aliphatic heterocycles. The highest BCUT2D eigenvalue weighted by atomic mass is 79.9. The first kappa shape index (κ1) is 18.9. The Morgan fingerprint density at radius 2 is 2.00 bits per heavy atom.